The minimum atomic E-state index is -0.553. The molecule has 0 aliphatic heterocycles. The molecule has 0 aromatic heterocycles. The van der Waals surface area contributed by atoms with Crippen LogP contribution in [0.25, 0.3) is 10.8 Å². The molecular weight excluding hydrogens is 372 g/mol. The van der Waals surface area contributed by atoms with E-state index in [9.17, 15) is 9.59 Å². The first-order valence-corrected chi connectivity index (χ1v) is 8.93. The number of carbonyl (C=O) groups excluding carboxylic acids is 2. The highest BCUT2D eigenvalue weighted by Gasteiger charge is 2.18. The molecule has 150 valence electrons. The van der Waals surface area contributed by atoms with Crippen LogP contribution in [0.15, 0.2) is 54.6 Å². The van der Waals surface area contributed by atoms with Crippen LogP contribution in [0, 0.1) is 0 Å². The van der Waals surface area contributed by atoms with Crippen LogP contribution in [-0.4, -0.2) is 39.8 Å². The van der Waals surface area contributed by atoms with Crippen molar-refractivity contribution >= 4 is 34.0 Å². The molecular formula is C22H22N2O5. The minimum Gasteiger partial charge on any atom is -0.493 e. The van der Waals surface area contributed by atoms with Gasteiger partial charge in [0.05, 0.1) is 39.1 Å². The van der Waals surface area contributed by atoms with Gasteiger partial charge in [-0.2, -0.15) is 0 Å². The number of esters is 1. The molecule has 0 atom stereocenters. The van der Waals surface area contributed by atoms with Gasteiger partial charge in [0.2, 0.25) is 5.91 Å². The van der Waals surface area contributed by atoms with Crippen LogP contribution in [0.2, 0.25) is 0 Å². The van der Waals surface area contributed by atoms with E-state index in [0.29, 0.717) is 17.2 Å². The van der Waals surface area contributed by atoms with Crippen molar-refractivity contribution in [3.8, 4) is 11.5 Å². The Morgan fingerprint density at radius 1 is 0.862 bits per heavy atom. The third-order valence-electron chi connectivity index (χ3n) is 4.43. The summed E-state index contributed by atoms with van der Waals surface area (Å²) in [4.78, 5) is 24.6. The van der Waals surface area contributed by atoms with E-state index in [2.05, 4.69) is 10.6 Å². The van der Waals surface area contributed by atoms with E-state index < -0.39 is 5.97 Å². The van der Waals surface area contributed by atoms with Crippen molar-refractivity contribution in [3.05, 3.63) is 60.2 Å². The first-order chi connectivity index (χ1) is 14.1. The Morgan fingerprint density at radius 2 is 1.55 bits per heavy atom. The van der Waals surface area contributed by atoms with E-state index in [-0.39, 0.29) is 18.0 Å². The molecule has 0 fully saturated rings. The quantitative estimate of drug-likeness (QED) is 0.595. The average molecular weight is 394 g/mol. The van der Waals surface area contributed by atoms with Crippen molar-refractivity contribution in [1.29, 1.82) is 0 Å². The molecule has 0 saturated carbocycles. The predicted octanol–water partition coefficient (Wildman–Crippen LogP) is 3.69. The predicted molar refractivity (Wildman–Crippen MR) is 112 cm³/mol. The SMILES string of the molecule is COC(=O)c1cc(OC)c(OC)cc1NCC(=O)Nc1cccc2ccccc12. The summed E-state index contributed by atoms with van der Waals surface area (Å²) in [5, 5.41) is 7.85. The van der Waals surface area contributed by atoms with E-state index in [1.54, 1.807) is 6.07 Å². The first-order valence-electron chi connectivity index (χ1n) is 8.93. The lowest BCUT2D eigenvalue weighted by Crippen LogP contribution is -2.23. The Morgan fingerprint density at radius 3 is 2.28 bits per heavy atom. The molecule has 2 N–H and O–H groups in total. The molecule has 0 saturated heterocycles. The van der Waals surface area contributed by atoms with E-state index in [1.165, 1.54) is 27.4 Å². The lowest BCUT2D eigenvalue weighted by atomic mass is 10.1. The fraction of sp³-hybridized carbons (Fsp3) is 0.182. The van der Waals surface area contributed by atoms with E-state index >= 15 is 0 Å². The zero-order chi connectivity index (χ0) is 20.8. The maximum absolute atomic E-state index is 12.5. The number of benzene rings is 3. The van der Waals surface area contributed by atoms with Gasteiger partial charge in [0, 0.05) is 23.2 Å². The number of amides is 1. The number of hydrogen-bond donors (Lipinski definition) is 2. The zero-order valence-electron chi connectivity index (χ0n) is 16.4. The molecule has 1 amide bonds. The Hall–Kier alpha value is -3.74. The van der Waals surface area contributed by atoms with Crippen molar-refractivity contribution in [2.45, 2.75) is 0 Å². The van der Waals surface area contributed by atoms with Crippen LogP contribution in [0.5, 0.6) is 11.5 Å². The highest BCUT2D eigenvalue weighted by molar-refractivity contribution is 6.04. The van der Waals surface area contributed by atoms with Gasteiger partial charge in [-0.1, -0.05) is 36.4 Å². The third kappa shape index (κ3) is 4.40. The fourth-order valence-corrected chi connectivity index (χ4v) is 3.01. The number of hydrogen-bond acceptors (Lipinski definition) is 6. The van der Waals surface area contributed by atoms with Crippen LogP contribution >= 0.6 is 0 Å². The van der Waals surface area contributed by atoms with Crippen LogP contribution in [0.4, 0.5) is 11.4 Å². The molecule has 3 aromatic carbocycles. The van der Waals surface area contributed by atoms with Gasteiger partial charge in [-0.05, 0) is 11.5 Å². The Labute approximate surface area is 168 Å². The number of anilines is 2. The fourth-order valence-electron chi connectivity index (χ4n) is 3.01. The molecule has 0 radical (unpaired) electrons. The van der Waals surface area contributed by atoms with Gasteiger partial charge in [0.1, 0.15) is 0 Å². The molecule has 0 heterocycles. The summed E-state index contributed by atoms with van der Waals surface area (Å²) in [5.41, 5.74) is 1.36. The molecule has 3 rings (SSSR count). The smallest absolute Gasteiger partial charge is 0.340 e. The first kappa shape index (κ1) is 20.0. The summed E-state index contributed by atoms with van der Waals surface area (Å²) in [6, 6.07) is 16.6. The van der Waals surface area contributed by atoms with E-state index in [0.717, 1.165) is 16.5 Å². The molecule has 0 aliphatic rings. The highest BCUT2D eigenvalue weighted by Crippen LogP contribution is 2.33. The van der Waals surface area contributed by atoms with Crippen LogP contribution < -0.4 is 20.1 Å². The second-order valence-electron chi connectivity index (χ2n) is 6.17. The van der Waals surface area contributed by atoms with Crippen LogP contribution in [0.3, 0.4) is 0 Å². The van der Waals surface area contributed by atoms with E-state index in [1.807, 2.05) is 42.5 Å². The Balaban J connectivity index is 1.79. The summed E-state index contributed by atoms with van der Waals surface area (Å²) in [5.74, 6) is 0.00522. The lowest BCUT2D eigenvalue weighted by Gasteiger charge is -2.15. The largest absolute Gasteiger partial charge is 0.493 e. The molecule has 0 aliphatic carbocycles. The minimum absolute atomic E-state index is 0.0529. The van der Waals surface area contributed by atoms with Gasteiger partial charge in [-0.3, -0.25) is 4.79 Å². The summed E-state index contributed by atoms with van der Waals surface area (Å²) in [6.45, 7) is -0.0529. The van der Waals surface area contributed by atoms with Crippen LogP contribution in [-0.2, 0) is 9.53 Å². The van der Waals surface area contributed by atoms with E-state index in [4.69, 9.17) is 14.2 Å². The Kier molecular flexibility index (Phi) is 6.19. The van der Waals surface area contributed by atoms with Gasteiger partial charge in [0.15, 0.2) is 11.5 Å². The van der Waals surface area contributed by atoms with Crippen molar-refractivity contribution in [2.75, 3.05) is 38.5 Å². The normalized spacial score (nSPS) is 10.3. The number of methoxy groups -OCH3 is 3. The average Bonchev–Trinajstić information content (AvgIpc) is 2.76. The molecule has 29 heavy (non-hydrogen) atoms. The molecule has 0 bridgehead atoms. The topological polar surface area (TPSA) is 85.9 Å². The number of fused-ring (bicyclic) bond motifs is 1. The van der Waals surface area contributed by atoms with Crippen molar-refractivity contribution in [2.24, 2.45) is 0 Å². The monoisotopic (exact) mass is 394 g/mol. The number of carbonyl (C=O) groups is 2. The molecule has 7 heteroatoms. The summed E-state index contributed by atoms with van der Waals surface area (Å²) < 4.78 is 15.3. The standard InChI is InChI=1S/C22H22N2O5/c1-27-19-11-16(22(26)29-3)18(12-20(19)28-2)23-13-21(25)24-17-10-6-8-14-7-4-5-9-15(14)17/h4-12,23H,13H2,1-3H3,(H,24,25). The Bertz CT molecular complexity index is 1040. The van der Waals surface area contributed by atoms with Gasteiger partial charge < -0.3 is 24.8 Å². The second kappa shape index (κ2) is 8.97. The van der Waals surface area contributed by atoms with Gasteiger partial charge in [0.25, 0.3) is 0 Å². The second-order valence-corrected chi connectivity index (χ2v) is 6.17. The number of nitrogens with one attached hydrogen (secondary N) is 2. The number of ether oxygens (including phenoxy) is 3. The third-order valence-corrected chi connectivity index (χ3v) is 4.43. The highest BCUT2D eigenvalue weighted by atomic mass is 16.5. The summed E-state index contributed by atoms with van der Waals surface area (Å²) in [6.07, 6.45) is 0. The maximum Gasteiger partial charge on any atom is 0.340 e. The molecule has 3 aromatic rings. The molecule has 0 spiro atoms. The van der Waals surface area contributed by atoms with Crippen molar-refractivity contribution in [3.63, 3.8) is 0 Å². The van der Waals surface area contributed by atoms with Crippen LogP contribution in [0.1, 0.15) is 10.4 Å². The number of rotatable bonds is 7. The van der Waals surface area contributed by atoms with Gasteiger partial charge in [-0.25, -0.2) is 4.79 Å². The lowest BCUT2D eigenvalue weighted by molar-refractivity contribution is -0.114. The molecule has 0 unspecified atom stereocenters. The summed E-state index contributed by atoms with van der Waals surface area (Å²) >= 11 is 0. The van der Waals surface area contributed by atoms with Crippen molar-refractivity contribution < 1.29 is 23.8 Å². The van der Waals surface area contributed by atoms with Gasteiger partial charge >= 0.3 is 5.97 Å². The maximum atomic E-state index is 12.5. The van der Waals surface area contributed by atoms with Gasteiger partial charge in [-0.15, -0.1) is 0 Å². The zero-order valence-corrected chi connectivity index (χ0v) is 16.4. The summed E-state index contributed by atoms with van der Waals surface area (Å²) in [7, 11) is 4.26. The van der Waals surface area contributed by atoms with Crippen molar-refractivity contribution in [1.82, 2.24) is 0 Å². The molecule has 7 nitrogen and oxygen atoms in total.